The fourth-order valence-corrected chi connectivity index (χ4v) is 4.63. The number of halogens is 4. The fourth-order valence-electron chi connectivity index (χ4n) is 1.03. The van der Waals surface area contributed by atoms with Crippen molar-refractivity contribution >= 4 is 71.7 Å². The van der Waals surface area contributed by atoms with E-state index in [1.807, 2.05) is 0 Å². The van der Waals surface area contributed by atoms with Crippen LogP contribution in [-0.2, 0) is 10.0 Å². The molecule has 0 saturated carbocycles. The second-order valence-electron chi connectivity index (χ2n) is 2.79. The van der Waals surface area contributed by atoms with Crippen LogP contribution in [0.2, 0.25) is 10.0 Å². The molecule has 0 fully saturated rings. The van der Waals surface area contributed by atoms with E-state index < -0.39 is 10.0 Å². The summed E-state index contributed by atoms with van der Waals surface area (Å²) in [6.07, 6.45) is 0. The van der Waals surface area contributed by atoms with Crippen molar-refractivity contribution in [2.45, 2.75) is 4.90 Å². The van der Waals surface area contributed by atoms with E-state index in [0.717, 1.165) is 0 Å². The molecule has 3 nitrogen and oxygen atoms in total. The molecule has 8 heteroatoms. The summed E-state index contributed by atoms with van der Waals surface area (Å²) in [6.45, 7) is 0.339. The molecule has 90 valence electrons. The molecular formula is C8H7BrCl2INO2S. The van der Waals surface area contributed by atoms with Crippen molar-refractivity contribution in [2.75, 3.05) is 11.0 Å². The molecule has 0 aliphatic carbocycles. The Balaban J connectivity index is 3.23. The molecule has 0 aromatic heterocycles. The molecule has 0 unspecified atom stereocenters. The predicted molar refractivity (Wildman–Crippen MR) is 78.2 cm³/mol. The Morgan fingerprint density at radius 3 is 2.25 bits per heavy atom. The van der Waals surface area contributed by atoms with Gasteiger partial charge < -0.3 is 0 Å². The van der Waals surface area contributed by atoms with Gasteiger partial charge in [0.2, 0.25) is 10.0 Å². The highest BCUT2D eigenvalue weighted by Gasteiger charge is 2.21. The first-order valence-electron chi connectivity index (χ1n) is 4.08. The van der Waals surface area contributed by atoms with Gasteiger partial charge in [-0.05, 0) is 12.1 Å². The standard InChI is InChI=1S/C8H7BrCl2INO2S/c9-5-3-6(10)8(7(11)4-5)16(14,15)13-2-1-12/h3-4,13H,1-2H2. The van der Waals surface area contributed by atoms with Gasteiger partial charge in [0.25, 0.3) is 0 Å². The van der Waals surface area contributed by atoms with E-state index in [9.17, 15) is 8.42 Å². The van der Waals surface area contributed by atoms with Crippen molar-refractivity contribution in [1.29, 1.82) is 0 Å². The summed E-state index contributed by atoms with van der Waals surface area (Å²) in [4.78, 5) is -0.0797. The summed E-state index contributed by atoms with van der Waals surface area (Å²) in [7, 11) is -3.64. The molecule has 0 aliphatic heterocycles. The largest absolute Gasteiger partial charge is 0.243 e. The molecule has 0 atom stereocenters. The second-order valence-corrected chi connectivity index (χ2v) is 7.30. The predicted octanol–water partition coefficient (Wildman–Crippen LogP) is 3.47. The van der Waals surface area contributed by atoms with Gasteiger partial charge in [-0.15, -0.1) is 0 Å². The average molecular weight is 459 g/mol. The van der Waals surface area contributed by atoms with Gasteiger partial charge in [0.1, 0.15) is 4.90 Å². The Hall–Kier alpha value is 0.920. The van der Waals surface area contributed by atoms with Gasteiger partial charge in [0.05, 0.1) is 10.0 Å². The Kier molecular flexibility index (Phi) is 5.80. The number of rotatable bonds is 4. The van der Waals surface area contributed by atoms with E-state index in [1.54, 1.807) is 0 Å². The summed E-state index contributed by atoms with van der Waals surface area (Å²) < 4.78 is 27.4. The van der Waals surface area contributed by atoms with Crippen LogP contribution in [0.4, 0.5) is 0 Å². The first kappa shape index (κ1) is 15.0. The molecular weight excluding hydrogens is 452 g/mol. The maximum absolute atomic E-state index is 11.8. The van der Waals surface area contributed by atoms with Gasteiger partial charge >= 0.3 is 0 Å². The number of alkyl halides is 1. The summed E-state index contributed by atoms with van der Waals surface area (Å²) in [5.74, 6) is 0. The molecule has 16 heavy (non-hydrogen) atoms. The molecule has 0 spiro atoms. The van der Waals surface area contributed by atoms with E-state index >= 15 is 0 Å². The van der Waals surface area contributed by atoms with Crippen LogP contribution < -0.4 is 4.72 Å². The van der Waals surface area contributed by atoms with E-state index in [2.05, 4.69) is 43.2 Å². The normalized spacial score (nSPS) is 11.8. The zero-order chi connectivity index (χ0) is 12.3. The van der Waals surface area contributed by atoms with Gasteiger partial charge in [-0.3, -0.25) is 0 Å². The highest BCUT2D eigenvalue weighted by atomic mass is 127. The van der Waals surface area contributed by atoms with Crippen molar-refractivity contribution in [3.8, 4) is 0 Å². The number of hydrogen-bond donors (Lipinski definition) is 1. The number of benzene rings is 1. The minimum absolute atomic E-state index is 0.0797. The van der Waals surface area contributed by atoms with Crippen LogP contribution in [0.3, 0.4) is 0 Å². The lowest BCUT2D eigenvalue weighted by atomic mass is 10.4. The lowest BCUT2D eigenvalue weighted by molar-refractivity contribution is 0.584. The number of nitrogens with one attached hydrogen (secondary N) is 1. The fraction of sp³-hybridized carbons (Fsp3) is 0.250. The summed E-state index contributed by atoms with van der Waals surface area (Å²) in [5.41, 5.74) is 0. The van der Waals surface area contributed by atoms with Crippen LogP contribution in [0, 0.1) is 0 Å². The third kappa shape index (κ3) is 3.71. The summed E-state index contributed by atoms with van der Waals surface area (Å²) in [6, 6.07) is 2.98. The van der Waals surface area contributed by atoms with Crippen LogP contribution in [-0.4, -0.2) is 19.4 Å². The highest BCUT2D eigenvalue weighted by molar-refractivity contribution is 14.1. The van der Waals surface area contributed by atoms with E-state index in [0.29, 0.717) is 15.4 Å². The molecule has 0 radical (unpaired) electrons. The third-order valence-corrected chi connectivity index (χ3v) is 5.00. The van der Waals surface area contributed by atoms with Gasteiger partial charge in [-0.1, -0.05) is 61.7 Å². The molecule has 0 amide bonds. The topological polar surface area (TPSA) is 46.2 Å². The van der Waals surface area contributed by atoms with Gasteiger partial charge in [0, 0.05) is 15.4 Å². The number of sulfonamides is 1. The van der Waals surface area contributed by atoms with Crippen molar-refractivity contribution < 1.29 is 8.42 Å². The Morgan fingerprint density at radius 1 is 1.31 bits per heavy atom. The maximum Gasteiger partial charge on any atom is 0.243 e. The van der Waals surface area contributed by atoms with Crippen LogP contribution in [0.25, 0.3) is 0 Å². The smallest absolute Gasteiger partial charge is 0.210 e. The molecule has 1 aromatic carbocycles. The Labute approximate surface area is 126 Å². The lowest BCUT2D eigenvalue weighted by Crippen LogP contribution is -2.26. The molecule has 0 saturated heterocycles. The lowest BCUT2D eigenvalue weighted by Gasteiger charge is -2.09. The average Bonchev–Trinajstić information content (AvgIpc) is 2.12. The molecule has 1 rings (SSSR count). The van der Waals surface area contributed by atoms with Crippen LogP contribution in [0.1, 0.15) is 0 Å². The van der Waals surface area contributed by atoms with E-state index in [4.69, 9.17) is 23.2 Å². The number of hydrogen-bond acceptors (Lipinski definition) is 2. The monoisotopic (exact) mass is 457 g/mol. The van der Waals surface area contributed by atoms with Crippen molar-refractivity contribution in [2.24, 2.45) is 0 Å². The molecule has 1 aromatic rings. The summed E-state index contributed by atoms with van der Waals surface area (Å²) >= 11 is 17.0. The minimum Gasteiger partial charge on any atom is -0.210 e. The van der Waals surface area contributed by atoms with Crippen molar-refractivity contribution in [1.82, 2.24) is 4.72 Å². The molecule has 0 aliphatic rings. The zero-order valence-electron chi connectivity index (χ0n) is 7.81. The summed E-state index contributed by atoms with van der Waals surface area (Å²) in [5, 5.41) is 0.195. The third-order valence-electron chi connectivity index (χ3n) is 1.62. The van der Waals surface area contributed by atoms with Crippen molar-refractivity contribution in [3.05, 3.63) is 26.7 Å². The van der Waals surface area contributed by atoms with Crippen LogP contribution in [0.5, 0.6) is 0 Å². The Morgan fingerprint density at radius 2 is 1.81 bits per heavy atom. The van der Waals surface area contributed by atoms with E-state index in [-0.39, 0.29) is 14.9 Å². The maximum atomic E-state index is 11.8. The van der Waals surface area contributed by atoms with Crippen LogP contribution >= 0.6 is 61.7 Å². The van der Waals surface area contributed by atoms with Gasteiger partial charge in [-0.2, -0.15) is 0 Å². The first-order valence-corrected chi connectivity index (χ1v) is 8.64. The molecule has 0 bridgehead atoms. The molecule has 0 heterocycles. The van der Waals surface area contributed by atoms with Gasteiger partial charge in [-0.25, -0.2) is 13.1 Å². The van der Waals surface area contributed by atoms with E-state index in [1.165, 1.54) is 12.1 Å². The quantitative estimate of drug-likeness (QED) is 0.554. The zero-order valence-corrected chi connectivity index (χ0v) is 13.9. The van der Waals surface area contributed by atoms with Crippen molar-refractivity contribution in [3.63, 3.8) is 0 Å². The SMILES string of the molecule is O=S(=O)(NCCI)c1c(Cl)cc(Br)cc1Cl. The highest BCUT2D eigenvalue weighted by Crippen LogP contribution is 2.32. The van der Waals surface area contributed by atoms with Gasteiger partial charge in [0.15, 0.2) is 0 Å². The first-order chi connectivity index (χ1) is 7.38. The Bertz CT molecular complexity index is 472. The van der Waals surface area contributed by atoms with Crippen LogP contribution in [0.15, 0.2) is 21.5 Å². The minimum atomic E-state index is -3.64. The molecule has 1 N–H and O–H groups in total. The second kappa shape index (κ2) is 6.19.